The third-order valence-corrected chi connectivity index (χ3v) is 5.37. The largest absolute Gasteiger partial charge is 0.497 e. The third kappa shape index (κ3) is 6.05. The van der Waals surface area contributed by atoms with E-state index in [2.05, 4.69) is 42.9 Å². The van der Waals surface area contributed by atoms with E-state index in [1.165, 1.54) is 18.4 Å². The number of hydrogen-bond acceptors (Lipinski definition) is 5. The molecule has 1 aliphatic heterocycles. The maximum atomic E-state index is 5.30. The minimum absolute atomic E-state index is 0. The molecule has 0 saturated carbocycles. The van der Waals surface area contributed by atoms with Crippen molar-refractivity contribution < 1.29 is 4.74 Å². The first-order valence-corrected chi connectivity index (χ1v) is 9.79. The molecule has 9 heteroatoms. The first kappa shape index (κ1) is 23.4. The summed E-state index contributed by atoms with van der Waals surface area (Å²) >= 11 is 0. The van der Waals surface area contributed by atoms with Crippen molar-refractivity contribution in [2.75, 3.05) is 33.8 Å². The van der Waals surface area contributed by atoms with Crippen LogP contribution in [0.3, 0.4) is 0 Å². The highest BCUT2D eigenvalue weighted by atomic mass is 127. The van der Waals surface area contributed by atoms with E-state index in [9.17, 15) is 0 Å². The Hall–Kier alpha value is -1.88. The van der Waals surface area contributed by atoms with Gasteiger partial charge in [0, 0.05) is 20.6 Å². The number of ether oxygens (including phenoxy) is 1. The average molecular weight is 513 g/mol. The summed E-state index contributed by atoms with van der Waals surface area (Å²) in [6.45, 7) is 5.56. The molecule has 8 nitrogen and oxygen atoms in total. The predicted molar refractivity (Wildman–Crippen MR) is 126 cm³/mol. The number of aryl methyl sites for hydroxylation is 1. The molecule has 1 unspecified atom stereocenters. The van der Waals surface area contributed by atoms with E-state index in [0.717, 1.165) is 43.0 Å². The van der Waals surface area contributed by atoms with E-state index >= 15 is 0 Å². The van der Waals surface area contributed by atoms with Crippen LogP contribution in [0.25, 0.3) is 0 Å². The second kappa shape index (κ2) is 11.3. The summed E-state index contributed by atoms with van der Waals surface area (Å²) in [5.74, 6) is 3.42. The zero-order valence-electron chi connectivity index (χ0n) is 17.7. The molecule has 29 heavy (non-hydrogen) atoms. The summed E-state index contributed by atoms with van der Waals surface area (Å²) in [7, 11) is 5.45. The Labute approximate surface area is 190 Å². The summed E-state index contributed by atoms with van der Waals surface area (Å²) in [5, 5.41) is 15.1. The van der Waals surface area contributed by atoms with Crippen LogP contribution in [0.1, 0.15) is 36.1 Å². The van der Waals surface area contributed by atoms with E-state index in [1.807, 2.05) is 30.7 Å². The minimum Gasteiger partial charge on any atom is -0.497 e. The third-order valence-electron chi connectivity index (χ3n) is 5.37. The number of likely N-dealkylation sites (tertiary alicyclic amines) is 1. The molecule has 1 saturated heterocycles. The molecular weight excluding hydrogens is 481 g/mol. The zero-order valence-corrected chi connectivity index (χ0v) is 20.0. The number of halogens is 1. The fourth-order valence-corrected chi connectivity index (χ4v) is 3.52. The second-order valence-electron chi connectivity index (χ2n) is 7.06. The molecule has 2 aromatic rings. The van der Waals surface area contributed by atoms with Crippen LogP contribution < -0.4 is 15.4 Å². The zero-order chi connectivity index (χ0) is 19.9. The molecule has 1 fully saturated rings. The molecule has 0 radical (unpaired) electrons. The van der Waals surface area contributed by atoms with Crippen LogP contribution in [0.2, 0.25) is 0 Å². The molecule has 1 aromatic heterocycles. The van der Waals surface area contributed by atoms with Crippen molar-refractivity contribution in [1.82, 2.24) is 30.3 Å². The Morgan fingerprint density at radius 3 is 2.41 bits per heavy atom. The Morgan fingerprint density at radius 1 is 1.17 bits per heavy atom. The van der Waals surface area contributed by atoms with E-state index in [-0.39, 0.29) is 24.0 Å². The fraction of sp³-hybridized carbons (Fsp3) is 0.550. The van der Waals surface area contributed by atoms with Gasteiger partial charge in [-0.25, -0.2) is 0 Å². The van der Waals surface area contributed by atoms with Gasteiger partial charge in [-0.3, -0.25) is 9.89 Å². The van der Waals surface area contributed by atoms with Crippen LogP contribution in [-0.2, 0) is 13.6 Å². The molecule has 1 aromatic carbocycles. The lowest BCUT2D eigenvalue weighted by atomic mass is 10.1. The lowest BCUT2D eigenvalue weighted by molar-refractivity contribution is 0.245. The first-order valence-electron chi connectivity index (χ1n) is 9.79. The Morgan fingerprint density at radius 2 is 1.86 bits per heavy atom. The minimum atomic E-state index is 0. The standard InChI is InChI=1S/C20H31N7O.HI/c1-15-24-25-19(26(15)3)14-23-20(21-2)22-13-18(27-11-5-6-12-27)16-7-9-17(28-4)10-8-16;/h7-10,18H,5-6,11-14H2,1-4H3,(H2,21,22,23);1H. The molecule has 0 bridgehead atoms. The van der Waals surface area contributed by atoms with Crippen LogP contribution in [0.15, 0.2) is 29.3 Å². The van der Waals surface area contributed by atoms with Gasteiger partial charge >= 0.3 is 0 Å². The summed E-state index contributed by atoms with van der Waals surface area (Å²) in [6, 6.07) is 8.66. The Bertz CT molecular complexity index is 785. The highest BCUT2D eigenvalue weighted by molar-refractivity contribution is 14.0. The summed E-state index contributed by atoms with van der Waals surface area (Å²) in [6.07, 6.45) is 2.51. The van der Waals surface area contributed by atoms with Gasteiger partial charge in [0.1, 0.15) is 11.6 Å². The average Bonchev–Trinajstić information content (AvgIpc) is 3.36. The van der Waals surface area contributed by atoms with Crippen molar-refractivity contribution in [1.29, 1.82) is 0 Å². The summed E-state index contributed by atoms with van der Waals surface area (Å²) < 4.78 is 7.28. The summed E-state index contributed by atoms with van der Waals surface area (Å²) in [4.78, 5) is 6.89. The molecule has 1 atom stereocenters. The van der Waals surface area contributed by atoms with Gasteiger partial charge in [-0.15, -0.1) is 34.2 Å². The highest BCUT2D eigenvalue weighted by Crippen LogP contribution is 2.26. The number of rotatable bonds is 7. The maximum Gasteiger partial charge on any atom is 0.191 e. The lowest BCUT2D eigenvalue weighted by Gasteiger charge is -2.29. The smallest absolute Gasteiger partial charge is 0.191 e. The number of hydrogen-bond donors (Lipinski definition) is 2. The van der Waals surface area contributed by atoms with Crippen molar-refractivity contribution in [3.63, 3.8) is 0 Å². The normalized spacial score (nSPS) is 15.7. The van der Waals surface area contributed by atoms with E-state index in [0.29, 0.717) is 12.6 Å². The molecule has 0 spiro atoms. The topological polar surface area (TPSA) is 79.6 Å². The van der Waals surface area contributed by atoms with Crippen molar-refractivity contribution in [3.8, 4) is 5.75 Å². The number of nitrogens with zero attached hydrogens (tertiary/aromatic N) is 5. The fourth-order valence-electron chi connectivity index (χ4n) is 3.52. The number of nitrogens with one attached hydrogen (secondary N) is 2. The number of methoxy groups -OCH3 is 1. The van der Waals surface area contributed by atoms with Gasteiger partial charge in [0.25, 0.3) is 0 Å². The predicted octanol–water partition coefficient (Wildman–Crippen LogP) is 2.25. The monoisotopic (exact) mass is 513 g/mol. The SMILES string of the molecule is CN=C(NCc1nnc(C)n1C)NCC(c1ccc(OC)cc1)N1CCCC1.I. The Balaban J connectivity index is 0.00000300. The molecule has 3 rings (SSSR count). The van der Waals surface area contributed by atoms with E-state index < -0.39 is 0 Å². The van der Waals surface area contributed by atoms with Crippen molar-refractivity contribution in [3.05, 3.63) is 41.5 Å². The van der Waals surface area contributed by atoms with Crippen LogP contribution >= 0.6 is 24.0 Å². The van der Waals surface area contributed by atoms with Crippen LogP contribution in [-0.4, -0.2) is 59.4 Å². The van der Waals surface area contributed by atoms with Gasteiger partial charge in [-0.1, -0.05) is 12.1 Å². The van der Waals surface area contributed by atoms with Crippen molar-refractivity contribution >= 4 is 29.9 Å². The molecule has 160 valence electrons. The van der Waals surface area contributed by atoms with E-state index in [4.69, 9.17) is 4.74 Å². The molecule has 2 heterocycles. The molecular formula is C20H32IN7O. The molecule has 0 amide bonds. The van der Waals surface area contributed by atoms with Gasteiger partial charge in [-0.05, 0) is 50.6 Å². The Kier molecular flexibility index (Phi) is 9.15. The maximum absolute atomic E-state index is 5.30. The van der Waals surface area contributed by atoms with Gasteiger partial charge < -0.3 is 19.9 Å². The number of aliphatic imine (C=N–C) groups is 1. The van der Waals surface area contributed by atoms with E-state index in [1.54, 1.807) is 14.2 Å². The molecule has 1 aliphatic rings. The summed E-state index contributed by atoms with van der Waals surface area (Å²) in [5.41, 5.74) is 1.29. The van der Waals surface area contributed by atoms with Crippen LogP contribution in [0.5, 0.6) is 5.75 Å². The van der Waals surface area contributed by atoms with Gasteiger partial charge in [-0.2, -0.15) is 0 Å². The number of guanidine groups is 1. The van der Waals surface area contributed by atoms with Crippen LogP contribution in [0, 0.1) is 6.92 Å². The van der Waals surface area contributed by atoms with Gasteiger partial charge in [0.15, 0.2) is 11.8 Å². The van der Waals surface area contributed by atoms with Gasteiger partial charge in [0.05, 0.1) is 19.7 Å². The second-order valence-corrected chi connectivity index (χ2v) is 7.06. The quantitative estimate of drug-likeness (QED) is 0.336. The molecule has 2 N–H and O–H groups in total. The van der Waals surface area contributed by atoms with Gasteiger partial charge in [0.2, 0.25) is 0 Å². The van der Waals surface area contributed by atoms with Crippen LogP contribution in [0.4, 0.5) is 0 Å². The lowest BCUT2D eigenvalue weighted by Crippen LogP contribution is -2.42. The molecule has 0 aliphatic carbocycles. The first-order chi connectivity index (χ1) is 13.6. The number of aromatic nitrogens is 3. The van der Waals surface area contributed by atoms with Crippen molar-refractivity contribution in [2.45, 2.75) is 32.4 Å². The van der Waals surface area contributed by atoms with Crippen molar-refractivity contribution in [2.24, 2.45) is 12.0 Å². The number of benzene rings is 1. The highest BCUT2D eigenvalue weighted by Gasteiger charge is 2.23.